The zero-order chi connectivity index (χ0) is 24.8. The average Bonchev–Trinajstić information content (AvgIpc) is 3.68. The number of carbonyl (C=O) groups excluding carboxylic acids is 3. The Hall–Kier alpha value is -3.19. The molecule has 1 aliphatic carbocycles. The molecule has 1 N–H and O–H groups in total. The Morgan fingerprint density at radius 3 is 2.29 bits per heavy atom. The van der Waals surface area contributed by atoms with Crippen molar-refractivity contribution in [2.45, 2.75) is 38.1 Å². The van der Waals surface area contributed by atoms with Gasteiger partial charge in [0.15, 0.2) is 0 Å². The Labute approximate surface area is 207 Å². The Balaban J connectivity index is 1.17. The van der Waals surface area contributed by atoms with Crippen molar-refractivity contribution in [2.24, 2.45) is 5.92 Å². The number of piperidine rings is 1. The Morgan fingerprint density at radius 2 is 1.66 bits per heavy atom. The van der Waals surface area contributed by atoms with Gasteiger partial charge in [-0.15, -0.1) is 0 Å². The van der Waals surface area contributed by atoms with E-state index in [0.717, 1.165) is 45.4 Å². The minimum absolute atomic E-state index is 0.147. The van der Waals surface area contributed by atoms with Crippen molar-refractivity contribution in [1.29, 1.82) is 0 Å². The van der Waals surface area contributed by atoms with E-state index in [1.54, 1.807) is 31.2 Å². The summed E-state index contributed by atoms with van der Waals surface area (Å²) in [5.41, 5.74) is 2.28. The van der Waals surface area contributed by atoms with Crippen molar-refractivity contribution in [3.63, 3.8) is 0 Å². The second-order valence-corrected chi connectivity index (χ2v) is 9.60. The number of nitrogens with one attached hydrogen (secondary N) is 1. The van der Waals surface area contributed by atoms with E-state index in [1.807, 2.05) is 6.07 Å². The standard InChI is InChI=1S/C28H35N3O4/c1-20(32)31(26-18-25(26)22-6-4-3-5-7-22)19-21-12-15-30(16-13-21)17-14-29-27(33)23-8-10-24(11-9-23)28(34)35-2/h3-11,21,25-26H,12-19H2,1-2H3,(H,29,33). The fraction of sp³-hybridized carbons (Fsp3) is 0.464. The van der Waals surface area contributed by atoms with Crippen LogP contribution in [0.25, 0.3) is 0 Å². The lowest BCUT2D eigenvalue weighted by atomic mass is 9.96. The first-order valence-corrected chi connectivity index (χ1v) is 12.5. The molecule has 0 radical (unpaired) electrons. The van der Waals surface area contributed by atoms with Gasteiger partial charge in [0.2, 0.25) is 5.91 Å². The minimum atomic E-state index is -0.417. The first kappa shape index (κ1) is 24.9. The zero-order valence-corrected chi connectivity index (χ0v) is 20.6. The van der Waals surface area contributed by atoms with Gasteiger partial charge in [-0.1, -0.05) is 30.3 Å². The van der Waals surface area contributed by atoms with E-state index in [9.17, 15) is 14.4 Å². The highest BCUT2D eigenvalue weighted by Crippen LogP contribution is 2.45. The van der Waals surface area contributed by atoms with Crippen LogP contribution in [-0.4, -0.2) is 73.5 Å². The van der Waals surface area contributed by atoms with E-state index < -0.39 is 5.97 Å². The summed E-state index contributed by atoms with van der Waals surface area (Å²) in [5.74, 6) is 0.611. The number of ether oxygens (including phenoxy) is 1. The summed E-state index contributed by atoms with van der Waals surface area (Å²) in [6.07, 6.45) is 3.19. The number of nitrogens with zero attached hydrogens (tertiary/aromatic N) is 2. The maximum atomic E-state index is 12.4. The van der Waals surface area contributed by atoms with Crippen molar-refractivity contribution in [3.8, 4) is 0 Å². The van der Waals surface area contributed by atoms with Crippen molar-refractivity contribution in [1.82, 2.24) is 15.1 Å². The van der Waals surface area contributed by atoms with E-state index in [4.69, 9.17) is 0 Å². The van der Waals surface area contributed by atoms with Crippen LogP contribution in [0.5, 0.6) is 0 Å². The molecule has 1 heterocycles. The molecule has 2 aromatic carbocycles. The predicted molar refractivity (Wildman–Crippen MR) is 134 cm³/mol. The Bertz CT molecular complexity index is 1020. The molecule has 7 nitrogen and oxygen atoms in total. The summed E-state index contributed by atoms with van der Waals surface area (Å²) in [6.45, 7) is 5.87. The smallest absolute Gasteiger partial charge is 0.337 e. The molecule has 186 valence electrons. The van der Waals surface area contributed by atoms with Gasteiger partial charge in [0.25, 0.3) is 5.91 Å². The van der Waals surface area contributed by atoms with Gasteiger partial charge in [0, 0.05) is 44.1 Å². The third kappa shape index (κ3) is 6.48. The zero-order valence-electron chi connectivity index (χ0n) is 20.6. The predicted octanol–water partition coefficient (Wildman–Crippen LogP) is 3.32. The first-order chi connectivity index (χ1) is 17.0. The highest BCUT2D eigenvalue weighted by molar-refractivity contribution is 5.96. The third-order valence-electron chi connectivity index (χ3n) is 7.23. The van der Waals surface area contributed by atoms with Gasteiger partial charge in [-0.05, 0) is 68.1 Å². The molecule has 1 saturated heterocycles. The lowest BCUT2D eigenvalue weighted by molar-refractivity contribution is -0.130. The fourth-order valence-corrected chi connectivity index (χ4v) is 5.06. The molecule has 7 heteroatoms. The van der Waals surface area contributed by atoms with Crippen LogP contribution in [0.2, 0.25) is 0 Å². The van der Waals surface area contributed by atoms with E-state index in [2.05, 4.69) is 44.1 Å². The number of hydrogen-bond acceptors (Lipinski definition) is 5. The number of benzene rings is 2. The molecule has 2 aliphatic rings. The van der Waals surface area contributed by atoms with Crippen LogP contribution in [0.15, 0.2) is 54.6 Å². The van der Waals surface area contributed by atoms with Crippen LogP contribution in [0, 0.1) is 5.92 Å². The van der Waals surface area contributed by atoms with Crippen molar-refractivity contribution in [3.05, 3.63) is 71.3 Å². The maximum Gasteiger partial charge on any atom is 0.337 e. The number of amides is 2. The molecule has 35 heavy (non-hydrogen) atoms. The first-order valence-electron chi connectivity index (χ1n) is 12.5. The maximum absolute atomic E-state index is 12.4. The monoisotopic (exact) mass is 477 g/mol. The number of hydrogen-bond donors (Lipinski definition) is 1. The molecule has 2 atom stereocenters. The molecule has 2 amide bonds. The summed E-state index contributed by atoms with van der Waals surface area (Å²) in [4.78, 5) is 40.8. The van der Waals surface area contributed by atoms with Crippen LogP contribution in [0.3, 0.4) is 0 Å². The van der Waals surface area contributed by atoms with E-state index >= 15 is 0 Å². The van der Waals surface area contributed by atoms with E-state index in [0.29, 0.717) is 35.5 Å². The molecule has 2 fully saturated rings. The van der Waals surface area contributed by atoms with Gasteiger partial charge < -0.3 is 19.9 Å². The SMILES string of the molecule is COC(=O)c1ccc(C(=O)NCCN2CCC(CN(C(C)=O)C3CC3c3ccccc3)CC2)cc1. The van der Waals surface area contributed by atoms with Crippen LogP contribution in [-0.2, 0) is 9.53 Å². The molecule has 4 rings (SSSR count). The van der Waals surface area contributed by atoms with E-state index in [-0.39, 0.29) is 11.8 Å². The van der Waals surface area contributed by atoms with Crippen molar-refractivity contribution < 1.29 is 19.1 Å². The summed E-state index contributed by atoms with van der Waals surface area (Å²) < 4.78 is 4.68. The topological polar surface area (TPSA) is 79.0 Å². The number of likely N-dealkylation sites (tertiary alicyclic amines) is 1. The molecule has 0 aromatic heterocycles. The van der Waals surface area contributed by atoms with Crippen LogP contribution >= 0.6 is 0 Å². The van der Waals surface area contributed by atoms with Gasteiger partial charge >= 0.3 is 5.97 Å². The van der Waals surface area contributed by atoms with Crippen molar-refractivity contribution >= 4 is 17.8 Å². The number of rotatable bonds is 9. The highest BCUT2D eigenvalue weighted by Gasteiger charge is 2.44. The lowest BCUT2D eigenvalue weighted by Crippen LogP contribution is -2.43. The summed E-state index contributed by atoms with van der Waals surface area (Å²) in [5, 5.41) is 2.96. The normalized spacial score (nSPS) is 20.2. The summed E-state index contributed by atoms with van der Waals surface area (Å²) in [7, 11) is 1.33. The number of methoxy groups -OCH3 is 1. The van der Waals surface area contributed by atoms with Crippen LogP contribution in [0.1, 0.15) is 58.4 Å². The second kappa shape index (κ2) is 11.5. The molecule has 1 aliphatic heterocycles. The summed E-state index contributed by atoms with van der Waals surface area (Å²) in [6, 6.07) is 17.3. The molecular weight excluding hydrogens is 442 g/mol. The lowest BCUT2D eigenvalue weighted by Gasteiger charge is -2.35. The van der Waals surface area contributed by atoms with Crippen LogP contribution in [0.4, 0.5) is 0 Å². The largest absolute Gasteiger partial charge is 0.465 e. The molecular formula is C28H35N3O4. The highest BCUT2D eigenvalue weighted by atomic mass is 16.5. The Morgan fingerprint density at radius 1 is 1.00 bits per heavy atom. The third-order valence-corrected chi connectivity index (χ3v) is 7.23. The quantitative estimate of drug-likeness (QED) is 0.561. The molecule has 2 unspecified atom stereocenters. The van der Waals surface area contributed by atoms with Gasteiger partial charge in [0.1, 0.15) is 0 Å². The molecule has 1 saturated carbocycles. The number of esters is 1. The number of carbonyl (C=O) groups is 3. The van der Waals surface area contributed by atoms with E-state index in [1.165, 1.54) is 12.7 Å². The van der Waals surface area contributed by atoms with Crippen molar-refractivity contribution in [2.75, 3.05) is 39.8 Å². The molecule has 2 aromatic rings. The van der Waals surface area contributed by atoms with Gasteiger partial charge in [-0.3, -0.25) is 9.59 Å². The molecule has 0 spiro atoms. The van der Waals surface area contributed by atoms with Gasteiger partial charge in [0.05, 0.1) is 12.7 Å². The average molecular weight is 478 g/mol. The van der Waals surface area contributed by atoms with Gasteiger partial charge in [-0.25, -0.2) is 4.79 Å². The molecule has 0 bridgehead atoms. The van der Waals surface area contributed by atoms with Crippen LogP contribution < -0.4 is 5.32 Å². The Kier molecular flexibility index (Phi) is 8.18. The second-order valence-electron chi connectivity index (χ2n) is 9.60. The van der Waals surface area contributed by atoms with Gasteiger partial charge in [-0.2, -0.15) is 0 Å². The summed E-state index contributed by atoms with van der Waals surface area (Å²) >= 11 is 0. The minimum Gasteiger partial charge on any atom is -0.465 e. The fourth-order valence-electron chi connectivity index (χ4n) is 5.06.